The molecule has 1 heterocycles. The van der Waals surface area contributed by atoms with Crippen LogP contribution in [-0.4, -0.2) is 18.7 Å². The van der Waals surface area contributed by atoms with Gasteiger partial charge in [0.15, 0.2) is 0 Å². The van der Waals surface area contributed by atoms with Gasteiger partial charge in [-0.1, -0.05) is 30.3 Å². The van der Waals surface area contributed by atoms with Crippen LogP contribution < -0.4 is 10.2 Å². The number of hydrazone groups is 1. The van der Waals surface area contributed by atoms with Crippen molar-refractivity contribution in [2.24, 2.45) is 5.10 Å². The molecule has 2 aromatic rings. The lowest BCUT2D eigenvalue weighted by atomic mass is 9.95. The maximum atomic E-state index is 11.2. The van der Waals surface area contributed by atoms with Crippen molar-refractivity contribution < 1.29 is 9.53 Å². The second kappa shape index (κ2) is 6.02. The minimum absolute atomic E-state index is 0.0221. The number of aryl methyl sites for hydroxylation is 1. The summed E-state index contributed by atoms with van der Waals surface area (Å²) in [7, 11) is 1.68. The SMILES string of the molecule is COc1ccccc1-c1ccc(C2=NNC(=O)CC2)cc1C. The number of hydrogen-bond acceptors (Lipinski definition) is 3. The Balaban J connectivity index is 1.98. The zero-order valence-corrected chi connectivity index (χ0v) is 12.7. The minimum Gasteiger partial charge on any atom is -0.496 e. The molecule has 3 rings (SSSR count). The van der Waals surface area contributed by atoms with Gasteiger partial charge in [0, 0.05) is 18.4 Å². The third-order valence-electron chi connectivity index (χ3n) is 3.86. The summed E-state index contributed by atoms with van der Waals surface area (Å²) in [6.07, 6.45) is 1.17. The van der Waals surface area contributed by atoms with E-state index in [0.717, 1.165) is 33.7 Å². The normalized spacial score (nSPS) is 14.3. The van der Waals surface area contributed by atoms with Gasteiger partial charge in [0.2, 0.25) is 5.91 Å². The number of benzene rings is 2. The first-order chi connectivity index (χ1) is 10.7. The van der Waals surface area contributed by atoms with E-state index in [-0.39, 0.29) is 5.91 Å². The summed E-state index contributed by atoms with van der Waals surface area (Å²) in [4.78, 5) is 11.2. The van der Waals surface area contributed by atoms with Crippen molar-refractivity contribution in [2.75, 3.05) is 7.11 Å². The van der Waals surface area contributed by atoms with Crippen LogP contribution in [0.15, 0.2) is 47.6 Å². The van der Waals surface area contributed by atoms with E-state index in [1.807, 2.05) is 24.3 Å². The highest BCUT2D eigenvalue weighted by Crippen LogP contribution is 2.32. The Labute approximate surface area is 129 Å². The van der Waals surface area contributed by atoms with Crippen molar-refractivity contribution in [3.63, 3.8) is 0 Å². The summed E-state index contributed by atoms with van der Waals surface area (Å²) in [5.74, 6) is 0.840. The van der Waals surface area contributed by atoms with Crippen molar-refractivity contribution in [2.45, 2.75) is 19.8 Å². The van der Waals surface area contributed by atoms with Crippen molar-refractivity contribution in [1.29, 1.82) is 0 Å². The molecule has 0 aliphatic carbocycles. The van der Waals surface area contributed by atoms with Gasteiger partial charge in [-0.2, -0.15) is 5.10 Å². The van der Waals surface area contributed by atoms with Crippen LogP contribution in [0.2, 0.25) is 0 Å². The Kier molecular flexibility index (Phi) is 3.92. The van der Waals surface area contributed by atoms with E-state index in [2.05, 4.69) is 35.7 Å². The van der Waals surface area contributed by atoms with Crippen LogP contribution in [0.3, 0.4) is 0 Å². The predicted octanol–water partition coefficient (Wildman–Crippen LogP) is 3.28. The van der Waals surface area contributed by atoms with Crippen LogP contribution in [0.25, 0.3) is 11.1 Å². The fourth-order valence-corrected chi connectivity index (χ4v) is 2.69. The maximum Gasteiger partial charge on any atom is 0.240 e. The third kappa shape index (κ3) is 2.72. The molecule has 4 nitrogen and oxygen atoms in total. The first-order valence-electron chi connectivity index (χ1n) is 7.29. The van der Waals surface area contributed by atoms with E-state index >= 15 is 0 Å². The summed E-state index contributed by atoms with van der Waals surface area (Å²) in [5.41, 5.74) is 7.89. The van der Waals surface area contributed by atoms with E-state index in [9.17, 15) is 4.79 Å². The average molecular weight is 294 g/mol. The first-order valence-corrected chi connectivity index (χ1v) is 7.29. The molecule has 0 aromatic heterocycles. The number of nitrogens with zero attached hydrogens (tertiary/aromatic N) is 1. The van der Waals surface area contributed by atoms with E-state index in [1.165, 1.54) is 0 Å². The molecule has 0 fully saturated rings. The zero-order valence-electron chi connectivity index (χ0n) is 12.7. The highest BCUT2D eigenvalue weighted by molar-refractivity contribution is 6.04. The number of para-hydroxylation sites is 1. The number of nitrogens with one attached hydrogen (secondary N) is 1. The molecule has 0 unspecified atom stereocenters. The van der Waals surface area contributed by atoms with Gasteiger partial charge in [0.05, 0.1) is 12.8 Å². The highest BCUT2D eigenvalue weighted by atomic mass is 16.5. The van der Waals surface area contributed by atoms with Crippen LogP contribution in [0, 0.1) is 6.92 Å². The molecule has 0 atom stereocenters. The second-order valence-electron chi connectivity index (χ2n) is 5.32. The summed E-state index contributed by atoms with van der Waals surface area (Å²) in [6, 6.07) is 14.2. The average Bonchev–Trinajstić information content (AvgIpc) is 2.55. The van der Waals surface area contributed by atoms with Crippen LogP contribution in [0.5, 0.6) is 5.75 Å². The van der Waals surface area contributed by atoms with E-state index in [0.29, 0.717) is 12.8 Å². The van der Waals surface area contributed by atoms with Gasteiger partial charge >= 0.3 is 0 Å². The Morgan fingerprint density at radius 3 is 2.59 bits per heavy atom. The summed E-state index contributed by atoms with van der Waals surface area (Å²) >= 11 is 0. The van der Waals surface area contributed by atoms with Gasteiger partial charge < -0.3 is 4.74 Å². The van der Waals surface area contributed by atoms with Gasteiger partial charge in [-0.3, -0.25) is 4.79 Å². The number of carbonyl (C=O) groups excluding carboxylic acids is 1. The second-order valence-corrected chi connectivity index (χ2v) is 5.32. The molecule has 2 aromatic carbocycles. The molecule has 1 amide bonds. The molecule has 0 saturated carbocycles. The van der Waals surface area contributed by atoms with Gasteiger partial charge in [0.1, 0.15) is 5.75 Å². The Bertz CT molecular complexity index is 751. The molecule has 1 aliphatic heterocycles. The fourth-order valence-electron chi connectivity index (χ4n) is 2.69. The monoisotopic (exact) mass is 294 g/mol. The Morgan fingerprint density at radius 1 is 1.09 bits per heavy atom. The van der Waals surface area contributed by atoms with Crippen molar-refractivity contribution in [1.82, 2.24) is 5.43 Å². The topological polar surface area (TPSA) is 50.7 Å². The number of amides is 1. The number of methoxy groups -OCH3 is 1. The van der Waals surface area contributed by atoms with Crippen molar-refractivity contribution >= 4 is 11.6 Å². The minimum atomic E-state index is -0.0221. The molecule has 1 N–H and O–H groups in total. The quantitative estimate of drug-likeness (QED) is 0.944. The number of carbonyl (C=O) groups is 1. The molecule has 4 heteroatoms. The summed E-state index contributed by atoms with van der Waals surface area (Å²) < 4.78 is 5.44. The molecule has 0 spiro atoms. The molecule has 112 valence electrons. The Hall–Kier alpha value is -2.62. The summed E-state index contributed by atoms with van der Waals surface area (Å²) in [6.45, 7) is 2.08. The predicted molar refractivity (Wildman–Crippen MR) is 87.1 cm³/mol. The van der Waals surface area contributed by atoms with E-state index < -0.39 is 0 Å². The molecule has 1 aliphatic rings. The smallest absolute Gasteiger partial charge is 0.240 e. The van der Waals surface area contributed by atoms with Gasteiger partial charge in [-0.05, 0) is 35.7 Å². The lowest BCUT2D eigenvalue weighted by molar-refractivity contribution is -0.121. The fraction of sp³-hybridized carbons (Fsp3) is 0.222. The molecule has 22 heavy (non-hydrogen) atoms. The number of ether oxygens (including phenoxy) is 1. The van der Waals surface area contributed by atoms with E-state index in [1.54, 1.807) is 7.11 Å². The van der Waals surface area contributed by atoms with Crippen LogP contribution in [0.1, 0.15) is 24.0 Å². The first kappa shape index (κ1) is 14.3. The van der Waals surface area contributed by atoms with Crippen LogP contribution >= 0.6 is 0 Å². The highest BCUT2D eigenvalue weighted by Gasteiger charge is 2.15. The Morgan fingerprint density at radius 2 is 1.91 bits per heavy atom. The summed E-state index contributed by atoms with van der Waals surface area (Å²) in [5, 5.41) is 4.15. The van der Waals surface area contributed by atoms with Gasteiger partial charge in [0.25, 0.3) is 0 Å². The number of rotatable bonds is 3. The molecule has 0 radical (unpaired) electrons. The van der Waals surface area contributed by atoms with Crippen LogP contribution in [-0.2, 0) is 4.79 Å². The van der Waals surface area contributed by atoms with Gasteiger partial charge in [-0.25, -0.2) is 5.43 Å². The maximum absolute atomic E-state index is 11.2. The van der Waals surface area contributed by atoms with E-state index in [4.69, 9.17) is 4.74 Å². The molecule has 0 bridgehead atoms. The van der Waals surface area contributed by atoms with Crippen molar-refractivity contribution in [3.8, 4) is 16.9 Å². The molecular weight excluding hydrogens is 276 g/mol. The number of hydrogen-bond donors (Lipinski definition) is 1. The third-order valence-corrected chi connectivity index (χ3v) is 3.86. The molecule has 0 saturated heterocycles. The lowest BCUT2D eigenvalue weighted by Gasteiger charge is -2.15. The van der Waals surface area contributed by atoms with Crippen LogP contribution in [0.4, 0.5) is 0 Å². The van der Waals surface area contributed by atoms with Gasteiger partial charge in [-0.15, -0.1) is 0 Å². The largest absolute Gasteiger partial charge is 0.496 e. The molecular formula is C18H18N2O2. The van der Waals surface area contributed by atoms with Crippen molar-refractivity contribution in [3.05, 3.63) is 53.6 Å². The lowest BCUT2D eigenvalue weighted by Crippen LogP contribution is -2.25. The standard InChI is InChI=1S/C18H18N2O2/c1-12-11-13(16-9-10-18(21)20-19-16)7-8-14(12)15-5-3-4-6-17(15)22-2/h3-8,11H,9-10H2,1-2H3,(H,20,21). The zero-order chi connectivity index (χ0) is 15.5.